The molecule has 7 heteroatoms. The molecule has 0 fully saturated rings. The Kier molecular flexibility index (Phi) is 4.02. The van der Waals surface area contributed by atoms with E-state index in [9.17, 15) is 18.0 Å². The Morgan fingerprint density at radius 3 is 2.24 bits per heavy atom. The van der Waals surface area contributed by atoms with Crippen molar-refractivity contribution in [1.29, 1.82) is 0 Å². The number of nitrogen functional groups attached to an aromatic ring is 1. The van der Waals surface area contributed by atoms with Crippen LogP contribution >= 0.6 is 0 Å². The first-order valence-electron chi connectivity index (χ1n) is 5.87. The highest BCUT2D eigenvalue weighted by Gasteiger charge is 2.30. The smallest absolute Gasteiger partial charge is 0.406 e. The van der Waals surface area contributed by atoms with Gasteiger partial charge in [-0.1, -0.05) is 12.1 Å². The number of alkyl halides is 3. The summed E-state index contributed by atoms with van der Waals surface area (Å²) in [6, 6.07) is 11.3. The van der Waals surface area contributed by atoms with Crippen LogP contribution in [0.25, 0.3) is 0 Å². The number of benzene rings is 2. The first-order valence-corrected chi connectivity index (χ1v) is 5.87. The minimum atomic E-state index is -4.75. The summed E-state index contributed by atoms with van der Waals surface area (Å²) in [4.78, 5) is 11.9. The first-order chi connectivity index (χ1) is 9.85. The number of nitrogens with two attached hydrogens (primary N) is 1. The van der Waals surface area contributed by atoms with Gasteiger partial charge in [0.15, 0.2) is 0 Å². The van der Waals surface area contributed by atoms with Crippen molar-refractivity contribution in [1.82, 2.24) is 0 Å². The maximum absolute atomic E-state index is 12.0. The zero-order valence-electron chi connectivity index (χ0n) is 10.6. The van der Waals surface area contributed by atoms with Crippen LogP contribution in [-0.2, 0) is 0 Å². The third-order valence-corrected chi connectivity index (χ3v) is 2.55. The van der Waals surface area contributed by atoms with Crippen LogP contribution in [0.3, 0.4) is 0 Å². The summed E-state index contributed by atoms with van der Waals surface area (Å²) in [6.45, 7) is 0. The van der Waals surface area contributed by atoms with Gasteiger partial charge in [0.25, 0.3) is 5.91 Å². The number of carbonyl (C=O) groups is 1. The maximum atomic E-state index is 12.0. The van der Waals surface area contributed by atoms with E-state index in [-0.39, 0.29) is 11.3 Å². The lowest BCUT2D eigenvalue weighted by Gasteiger charge is -2.10. The van der Waals surface area contributed by atoms with E-state index in [0.29, 0.717) is 11.4 Å². The van der Waals surface area contributed by atoms with Crippen molar-refractivity contribution >= 4 is 17.3 Å². The largest absolute Gasteiger partial charge is 0.573 e. The topological polar surface area (TPSA) is 64.4 Å². The molecule has 2 aromatic carbocycles. The number of hydrogen-bond acceptors (Lipinski definition) is 3. The monoisotopic (exact) mass is 296 g/mol. The van der Waals surface area contributed by atoms with E-state index >= 15 is 0 Å². The van der Waals surface area contributed by atoms with Gasteiger partial charge in [0.05, 0.1) is 5.56 Å². The van der Waals surface area contributed by atoms with Gasteiger partial charge in [-0.2, -0.15) is 0 Å². The number of ether oxygens (including phenoxy) is 1. The van der Waals surface area contributed by atoms with E-state index < -0.39 is 12.3 Å². The molecule has 2 aromatic rings. The zero-order chi connectivity index (χ0) is 15.5. The first kappa shape index (κ1) is 14.7. The molecular formula is C14H11F3N2O2. The van der Waals surface area contributed by atoms with Crippen molar-refractivity contribution in [3.63, 3.8) is 0 Å². The van der Waals surface area contributed by atoms with Crippen LogP contribution in [0, 0.1) is 0 Å². The highest BCUT2D eigenvalue weighted by Crippen LogP contribution is 2.24. The van der Waals surface area contributed by atoms with Crippen LogP contribution in [0.2, 0.25) is 0 Å². The lowest BCUT2D eigenvalue weighted by Crippen LogP contribution is -2.17. The minimum absolute atomic E-state index is 0.285. The normalized spacial score (nSPS) is 11.0. The van der Waals surface area contributed by atoms with Gasteiger partial charge >= 0.3 is 6.36 Å². The number of amides is 1. The summed E-state index contributed by atoms with van der Waals surface area (Å²) >= 11 is 0. The minimum Gasteiger partial charge on any atom is -0.406 e. The second-order valence-corrected chi connectivity index (χ2v) is 4.11. The molecule has 0 heterocycles. The maximum Gasteiger partial charge on any atom is 0.573 e. The predicted molar refractivity (Wildman–Crippen MR) is 71.9 cm³/mol. The molecule has 2 rings (SSSR count). The van der Waals surface area contributed by atoms with Gasteiger partial charge in [-0.05, 0) is 36.4 Å². The summed E-state index contributed by atoms with van der Waals surface area (Å²) < 4.78 is 39.8. The summed E-state index contributed by atoms with van der Waals surface area (Å²) in [5, 5.41) is 2.53. The molecule has 21 heavy (non-hydrogen) atoms. The van der Waals surface area contributed by atoms with Crippen molar-refractivity contribution in [3.05, 3.63) is 54.1 Å². The lowest BCUT2D eigenvalue weighted by molar-refractivity contribution is -0.274. The second-order valence-electron chi connectivity index (χ2n) is 4.11. The highest BCUT2D eigenvalue weighted by molar-refractivity contribution is 6.07. The van der Waals surface area contributed by atoms with Gasteiger partial charge in [-0.25, -0.2) is 0 Å². The van der Waals surface area contributed by atoms with E-state index in [1.54, 1.807) is 24.3 Å². The molecule has 0 radical (unpaired) electrons. The molecular weight excluding hydrogens is 285 g/mol. The average molecular weight is 296 g/mol. The van der Waals surface area contributed by atoms with Crippen molar-refractivity contribution < 1.29 is 22.7 Å². The third kappa shape index (κ3) is 4.13. The van der Waals surface area contributed by atoms with Gasteiger partial charge < -0.3 is 15.8 Å². The molecule has 4 nitrogen and oxygen atoms in total. The van der Waals surface area contributed by atoms with Gasteiger partial charge in [0, 0.05) is 11.4 Å². The summed E-state index contributed by atoms with van der Waals surface area (Å²) in [5.41, 5.74) is 6.59. The van der Waals surface area contributed by atoms with Crippen LogP contribution < -0.4 is 15.8 Å². The molecule has 0 saturated heterocycles. The van der Waals surface area contributed by atoms with E-state index in [0.717, 1.165) is 12.1 Å². The lowest BCUT2D eigenvalue weighted by atomic mass is 10.1. The molecule has 0 saturated carbocycles. The molecule has 110 valence electrons. The molecule has 0 aliphatic rings. The Morgan fingerprint density at radius 1 is 1.05 bits per heavy atom. The number of halogens is 3. The van der Waals surface area contributed by atoms with Crippen molar-refractivity contribution in [2.45, 2.75) is 6.36 Å². The Bertz CT molecular complexity index is 639. The molecule has 0 aliphatic carbocycles. The fourth-order valence-corrected chi connectivity index (χ4v) is 1.64. The van der Waals surface area contributed by atoms with Crippen LogP contribution in [0.4, 0.5) is 24.5 Å². The number of carbonyl (C=O) groups excluding carboxylic acids is 1. The van der Waals surface area contributed by atoms with Crippen LogP contribution in [0.1, 0.15) is 10.4 Å². The standard InChI is InChI=1S/C14H11F3N2O2/c15-14(16,17)21-10-7-5-9(6-8-10)19-13(20)11-3-1-2-4-12(11)18/h1-8H,18H2,(H,19,20). The SMILES string of the molecule is Nc1ccccc1C(=O)Nc1ccc(OC(F)(F)F)cc1. The van der Waals surface area contributed by atoms with E-state index in [2.05, 4.69) is 10.1 Å². The molecule has 0 spiro atoms. The van der Waals surface area contributed by atoms with E-state index in [1.807, 2.05) is 0 Å². The molecule has 0 bridgehead atoms. The zero-order valence-corrected chi connectivity index (χ0v) is 10.6. The summed E-state index contributed by atoms with van der Waals surface area (Å²) in [7, 11) is 0. The molecule has 1 amide bonds. The quantitative estimate of drug-likeness (QED) is 0.853. The molecule has 0 aliphatic heterocycles. The van der Waals surface area contributed by atoms with E-state index in [4.69, 9.17) is 5.73 Å². The van der Waals surface area contributed by atoms with Crippen molar-refractivity contribution in [2.24, 2.45) is 0 Å². The van der Waals surface area contributed by atoms with E-state index in [1.165, 1.54) is 12.1 Å². The van der Waals surface area contributed by atoms with Gasteiger partial charge in [0.1, 0.15) is 5.75 Å². The van der Waals surface area contributed by atoms with Crippen molar-refractivity contribution in [2.75, 3.05) is 11.1 Å². The molecule has 3 N–H and O–H groups in total. The predicted octanol–water partition coefficient (Wildman–Crippen LogP) is 3.42. The van der Waals surface area contributed by atoms with Crippen molar-refractivity contribution in [3.8, 4) is 5.75 Å². The van der Waals surface area contributed by atoms with Crippen LogP contribution in [0.5, 0.6) is 5.75 Å². The second kappa shape index (κ2) is 5.74. The van der Waals surface area contributed by atoms with Gasteiger partial charge in [-0.15, -0.1) is 13.2 Å². The Labute approximate surface area is 118 Å². The Balaban J connectivity index is 2.07. The summed E-state index contributed by atoms with van der Waals surface area (Å²) in [6.07, 6.45) is -4.75. The number of hydrogen-bond donors (Lipinski definition) is 2. The Hall–Kier alpha value is -2.70. The average Bonchev–Trinajstić information content (AvgIpc) is 2.40. The number of nitrogens with one attached hydrogen (secondary N) is 1. The van der Waals surface area contributed by atoms with Gasteiger partial charge in [-0.3, -0.25) is 4.79 Å². The fourth-order valence-electron chi connectivity index (χ4n) is 1.64. The number of para-hydroxylation sites is 1. The number of rotatable bonds is 3. The fraction of sp³-hybridized carbons (Fsp3) is 0.0714. The van der Waals surface area contributed by atoms with Crippen LogP contribution in [-0.4, -0.2) is 12.3 Å². The number of anilines is 2. The van der Waals surface area contributed by atoms with Crippen LogP contribution in [0.15, 0.2) is 48.5 Å². The third-order valence-electron chi connectivity index (χ3n) is 2.55. The molecule has 0 atom stereocenters. The summed E-state index contributed by atoms with van der Waals surface area (Å²) in [5.74, 6) is -0.808. The molecule has 0 aromatic heterocycles. The van der Waals surface area contributed by atoms with Gasteiger partial charge in [0.2, 0.25) is 0 Å². The molecule has 0 unspecified atom stereocenters. The highest BCUT2D eigenvalue weighted by atomic mass is 19.4. The Morgan fingerprint density at radius 2 is 1.67 bits per heavy atom.